The molecule has 0 radical (unpaired) electrons. The van der Waals surface area contributed by atoms with Gasteiger partial charge in [-0.25, -0.2) is 14.3 Å². The van der Waals surface area contributed by atoms with E-state index >= 15 is 0 Å². The van der Waals surface area contributed by atoms with Crippen molar-refractivity contribution in [1.82, 2.24) is 24.0 Å². The Morgan fingerprint density at radius 3 is 2.52 bits per heavy atom. The van der Waals surface area contributed by atoms with Crippen LogP contribution in [-0.2, 0) is 31.0 Å². The number of fused-ring (bicyclic) bond motifs is 3. The van der Waals surface area contributed by atoms with E-state index < -0.39 is 11.2 Å². The molecule has 9 heteroatoms. The predicted octanol–water partition coefficient (Wildman–Crippen LogP) is 2.00. The molecule has 33 heavy (non-hydrogen) atoms. The van der Waals surface area contributed by atoms with Crippen molar-refractivity contribution in [1.29, 1.82) is 0 Å². The summed E-state index contributed by atoms with van der Waals surface area (Å²) >= 11 is 0. The number of carbonyl (C=O) groups excluding carboxylic acids is 1. The minimum absolute atomic E-state index is 0.0289. The lowest BCUT2D eigenvalue weighted by molar-refractivity contribution is -0.122. The molecule has 9 nitrogen and oxygen atoms in total. The standard InChI is InChI=1S/C24H37N5O4/c1-4-6-10-28-22-21(27(9-5-2)19(14-30)26-22)23(32)29(24(28)33)13-20(31)25-15(3)18-12-16-7-8-17(18)11-16/h15-18,30H,4-14H2,1-3H3,(H,25,31). The van der Waals surface area contributed by atoms with E-state index in [0.717, 1.165) is 36.2 Å². The van der Waals surface area contributed by atoms with Crippen LogP contribution in [0.1, 0.15) is 71.5 Å². The molecular formula is C24H37N5O4. The first kappa shape index (κ1) is 23.7. The maximum Gasteiger partial charge on any atom is 0.333 e. The number of unbranched alkanes of at least 4 members (excludes halogenated alkanes) is 1. The summed E-state index contributed by atoms with van der Waals surface area (Å²) in [4.78, 5) is 44.1. The Hall–Kier alpha value is -2.42. The lowest BCUT2D eigenvalue weighted by Gasteiger charge is -2.28. The highest BCUT2D eigenvalue weighted by Gasteiger charge is 2.42. The van der Waals surface area contributed by atoms with Crippen molar-refractivity contribution in [3.63, 3.8) is 0 Å². The third-order valence-corrected chi connectivity index (χ3v) is 7.64. The van der Waals surface area contributed by atoms with E-state index in [2.05, 4.69) is 10.3 Å². The van der Waals surface area contributed by atoms with Crippen LogP contribution >= 0.6 is 0 Å². The van der Waals surface area contributed by atoms with Crippen LogP contribution in [0.25, 0.3) is 11.2 Å². The van der Waals surface area contributed by atoms with Crippen LogP contribution in [0.2, 0.25) is 0 Å². The fourth-order valence-corrected chi connectivity index (χ4v) is 6.03. The Balaban J connectivity index is 1.67. The number of aromatic nitrogens is 4. The third-order valence-electron chi connectivity index (χ3n) is 7.64. The van der Waals surface area contributed by atoms with Gasteiger partial charge in [-0.15, -0.1) is 0 Å². The maximum atomic E-state index is 13.4. The summed E-state index contributed by atoms with van der Waals surface area (Å²) in [5, 5.41) is 12.9. The van der Waals surface area contributed by atoms with E-state index in [1.807, 2.05) is 20.8 Å². The zero-order chi connectivity index (χ0) is 23.7. The number of aliphatic hydroxyl groups excluding tert-OH is 1. The number of hydrogen-bond donors (Lipinski definition) is 2. The Kier molecular flexibility index (Phi) is 7.07. The van der Waals surface area contributed by atoms with Gasteiger partial charge in [-0.3, -0.25) is 14.2 Å². The van der Waals surface area contributed by atoms with Crippen LogP contribution in [-0.4, -0.2) is 35.7 Å². The molecule has 4 rings (SSSR count). The van der Waals surface area contributed by atoms with Crippen molar-refractivity contribution in [3.05, 3.63) is 26.7 Å². The molecule has 0 aromatic carbocycles. The van der Waals surface area contributed by atoms with Gasteiger partial charge < -0.3 is 15.0 Å². The average Bonchev–Trinajstić information content (AvgIpc) is 3.51. The minimum Gasteiger partial charge on any atom is -0.388 e. The van der Waals surface area contributed by atoms with E-state index in [1.54, 1.807) is 4.57 Å². The lowest BCUT2D eigenvalue weighted by atomic mass is 9.84. The number of rotatable bonds is 10. The van der Waals surface area contributed by atoms with E-state index in [4.69, 9.17) is 0 Å². The Morgan fingerprint density at radius 2 is 1.91 bits per heavy atom. The van der Waals surface area contributed by atoms with Gasteiger partial charge in [0.05, 0.1) is 0 Å². The summed E-state index contributed by atoms with van der Waals surface area (Å²) < 4.78 is 4.21. The second-order valence-corrected chi connectivity index (χ2v) is 9.88. The average molecular weight is 460 g/mol. The number of nitrogens with zero attached hydrogens (tertiary/aromatic N) is 4. The van der Waals surface area contributed by atoms with E-state index in [1.165, 1.54) is 23.8 Å². The summed E-state index contributed by atoms with van der Waals surface area (Å²) in [6, 6.07) is 0.0289. The number of aliphatic hydroxyl groups is 1. The monoisotopic (exact) mass is 459 g/mol. The molecule has 4 atom stereocenters. The van der Waals surface area contributed by atoms with Crippen molar-refractivity contribution < 1.29 is 9.90 Å². The Labute approximate surface area is 193 Å². The van der Waals surface area contributed by atoms with Crippen molar-refractivity contribution >= 4 is 17.1 Å². The maximum absolute atomic E-state index is 13.4. The fraction of sp³-hybridized carbons (Fsp3) is 0.750. The Bertz CT molecular complexity index is 1130. The highest BCUT2D eigenvalue weighted by molar-refractivity contribution is 5.77. The summed E-state index contributed by atoms with van der Waals surface area (Å²) in [5.74, 6) is 1.99. The molecule has 2 fully saturated rings. The van der Waals surface area contributed by atoms with Gasteiger partial charge in [0.1, 0.15) is 19.0 Å². The van der Waals surface area contributed by atoms with Gasteiger partial charge in [-0.1, -0.05) is 26.7 Å². The van der Waals surface area contributed by atoms with Gasteiger partial charge in [0.2, 0.25) is 5.91 Å². The minimum atomic E-state index is -0.522. The second-order valence-electron chi connectivity index (χ2n) is 9.88. The largest absolute Gasteiger partial charge is 0.388 e. The summed E-state index contributed by atoms with van der Waals surface area (Å²) in [7, 11) is 0. The van der Waals surface area contributed by atoms with Gasteiger partial charge in [0.25, 0.3) is 5.56 Å². The predicted molar refractivity (Wildman–Crippen MR) is 126 cm³/mol. The van der Waals surface area contributed by atoms with Crippen molar-refractivity contribution in [3.8, 4) is 0 Å². The van der Waals surface area contributed by atoms with E-state index in [0.29, 0.717) is 36.4 Å². The van der Waals surface area contributed by atoms with Crippen molar-refractivity contribution in [2.24, 2.45) is 17.8 Å². The zero-order valence-corrected chi connectivity index (χ0v) is 20.0. The molecule has 4 unspecified atom stereocenters. The van der Waals surface area contributed by atoms with E-state index in [9.17, 15) is 19.5 Å². The summed E-state index contributed by atoms with van der Waals surface area (Å²) in [6.07, 6.45) is 7.32. The van der Waals surface area contributed by atoms with Gasteiger partial charge in [-0.05, 0) is 56.8 Å². The van der Waals surface area contributed by atoms with Crippen molar-refractivity contribution in [2.75, 3.05) is 0 Å². The first-order valence-corrected chi connectivity index (χ1v) is 12.5. The lowest BCUT2D eigenvalue weighted by Crippen LogP contribution is -2.47. The number of amides is 1. The molecule has 2 bridgehead atoms. The smallest absolute Gasteiger partial charge is 0.333 e. The third kappa shape index (κ3) is 4.39. The molecule has 0 saturated heterocycles. The van der Waals surface area contributed by atoms with Gasteiger partial charge in [-0.2, -0.15) is 0 Å². The number of carbonyl (C=O) groups is 1. The number of imidazole rings is 1. The molecule has 0 aliphatic heterocycles. The summed E-state index contributed by atoms with van der Waals surface area (Å²) in [6.45, 7) is 6.32. The molecule has 2 aromatic heterocycles. The normalized spacial score (nSPS) is 22.8. The first-order valence-electron chi connectivity index (χ1n) is 12.5. The number of nitrogens with one attached hydrogen (secondary N) is 1. The number of aryl methyl sites for hydroxylation is 2. The van der Waals surface area contributed by atoms with Crippen LogP contribution < -0.4 is 16.6 Å². The summed E-state index contributed by atoms with van der Waals surface area (Å²) in [5.41, 5.74) is -0.464. The molecule has 2 N–H and O–H groups in total. The van der Waals surface area contributed by atoms with Crippen LogP contribution in [0.15, 0.2) is 9.59 Å². The topological polar surface area (TPSA) is 111 Å². The molecule has 2 aliphatic rings. The second kappa shape index (κ2) is 9.83. The highest BCUT2D eigenvalue weighted by atomic mass is 16.3. The van der Waals surface area contributed by atoms with Crippen LogP contribution in [0.4, 0.5) is 0 Å². The molecule has 1 amide bonds. The Morgan fingerprint density at radius 1 is 1.12 bits per heavy atom. The quantitative estimate of drug-likeness (QED) is 0.565. The van der Waals surface area contributed by atoms with Crippen molar-refractivity contribution in [2.45, 2.75) is 98.0 Å². The van der Waals surface area contributed by atoms with Gasteiger partial charge >= 0.3 is 5.69 Å². The van der Waals surface area contributed by atoms with Gasteiger partial charge in [0, 0.05) is 19.1 Å². The molecule has 182 valence electrons. The van der Waals surface area contributed by atoms with Crippen LogP contribution in [0.5, 0.6) is 0 Å². The van der Waals surface area contributed by atoms with Crippen LogP contribution in [0.3, 0.4) is 0 Å². The molecular weight excluding hydrogens is 422 g/mol. The SMILES string of the molecule is CCCCn1c(=O)n(CC(=O)NC(C)C2CC3CCC2C3)c(=O)c2c1nc(CO)n2CCC. The molecule has 2 heterocycles. The fourth-order valence-electron chi connectivity index (χ4n) is 6.03. The highest BCUT2D eigenvalue weighted by Crippen LogP contribution is 2.49. The number of hydrogen-bond acceptors (Lipinski definition) is 5. The van der Waals surface area contributed by atoms with Gasteiger partial charge in [0.15, 0.2) is 11.2 Å². The molecule has 0 spiro atoms. The first-order chi connectivity index (χ1) is 15.9. The molecule has 2 aliphatic carbocycles. The van der Waals surface area contributed by atoms with E-state index in [-0.39, 0.29) is 30.6 Å². The molecule has 2 aromatic rings. The van der Waals surface area contributed by atoms with Crippen LogP contribution in [0, 0.1) is 17.8 Å². The zero-order valence-electron chi connectivity index (χ0n) is 20.0. The molecule has 2 saturated carbocycles.